The standard InChI is InChI=1S/C17H19N3O3S/c1-14(21)19-16-9-11-17(12-10-16)24(22,23)20-18-13-5-8-15-6-3-2-4-7-15/h2-4,6-7,9-13,20H,5,8H2,1H3,(H,19,21)/b18-13+. The van der Waals surface area contributed by atoms with Crippen LogP contribution in [0.25, 0.3) is 0 Å². The lowest BCUT2D eigenvalue weighted by Crippen LogP contribution is -2.18. The average molecular weight is 345 g/mol. The Hall–Kier alpha value is -2.67. The predicted molar refractivity (Wildman–Crippen MR) is 94.3 cm³/mol. The van der Waals surface area contributed by atoms with Crippen molar-refractivity contribution >= 4 is 27.8 Å². The molecule has 0 aliphatic heterocycles. The molecule has 0 fully saturated rings. The van der Waals surface area contributed by atoms with Crippen LogP contribution in [0.5, 0.6) is 0 Å². The molecular weight excluding hydrogens is 326 g/mol. The Labute approximate surface area is 141 Å². The van der Waals surface area contributed by atoms with E-state index >= 15 is 0 Å². The van der Waals surface area contributed by atoms with E-state index in [1.807, 2.05) is 30.3 Å². The van der Waals surface area contributed by atoms with Crippen LogP contribution in [-0.4, -0.2) is 20.5 Å². The second-order valence-electron chi connectivity index (χ2n) is 5.14. The summed E-state index contributed by atoms with van der Waals surface area (Å²) < 4.78 is 24.2. The fourth-order valence-corrected chi connectivity index (χ4v) is 2.83. The van der Waals surface area contributed by atoms with Crippen LogP contribution < -0.4 is 10.1 Å². The van der Waals surface area contributed by atoms with Gasteiger partial charge in [0.05, 0.1) is 4.90 Å². The molecule has 6 nitrogen and oxygen atoms in total. The van der Waals surface area contributed by atoms with Gasteiger partial charge in [0.1, 0.15) is 0 Å². The summed E-state index contributed by atoms with van der Waals surface area (Å²) in [6.07, 6.45) is 2.96. The molecule has 2 N–H and O–H groups in total. The fourth-order valence-electron chi connectivity index (χ4n) is 2.02. The Kier molecular flexibility index (Phi) is 6.08. The van der Waals surface area contributed by atoms with Crippen molar-refractivity contribution in [2.45, 2.75) is 24.7 Å². The van der Waals surface area contributed by atoms with Crippen LogP contribution in [0.1, 0.15) is 18.9 Å². The molecule has 0 radical (unpaired) electrons. The van der Waals surface area contributed by atoms with E-state index in [0.29, 0.717) is 12.1 Å². The lowest BCUT2D eigenvalue weighted by Gasteiger charge is -2.05. The highest BCUT2D eigenvalue weighted by atomic mass is 32.2. The Morgan fingerprint density at radius 1 is 1.08 bits per heavy atom. The molecule has 0 heterocycles. The van der Waals surface area contributed by atoms with Crippen molar-refractivity contribution in [3.63, 3.8) is 0 Å². The number of rotatable bonds is 7. The minimum atomic E-state index is -3.71. The van der Waals surface area contributed by atoms with Crippen LogP contribution >= 0.6 is 0 Å². The Balaban J connectivity index is 1.88. The van der Waals surface area contributed by atoms with E-state index in [1.54, 1.807) is 0 Å². The summed E-state index contributed by atoms with van der Waals surface area (Å²) in [4.78, 5) is 13.2. The van der Waals surface area contributed by atoms with Gasteiger partial charge in [-0.05, 0) is 42.7 Å². The van der Waals surface area contributed by atoms with Gasteiger partial charge in [0, 0.05) is 18.8 Å². The van der Waals surface area contributed by atoms with Crippen LogP contribution in [-0.2, 0) is 21.2 Å². The largest absolute Gasteiger partial charge is 0.326 e. The van der Waals surface area contributed by atoms with Crippen LogP contribution in [0.4, 0.5) is 5.69 Å². The third-order valence-electron chi connectivity index (χ3n) is 3.15. The van der Waals surface area contributed by atoms with Gasteiger partial charge in [-0.15, -0.1) is 0 Å². The first-order chi connectivity index (χ1) is 11.5. The molecule has 0 atom stereocenters. The van der Waals surface area contributed by atoms with Crippen molar-refractivity contribution in [1.82, 2.24) is 4.83 Å². The van der Waals surface area contributed by atoms with Gasteiger partial charge in [-0.2, -0.15) is 13.5 Å². The van der Waals surface area contributed by atoms with Crippen LogP contribution in [0.3, 0.4) is 0 Å². The van der Waals surface area contributed by atoms with E-state index in [9.17, 15) is 13.2 Å². The maximum atomic E-state index is 12.1. The number of hydrazone groups is 1. The number of nitrogens with one attached hydrogen (secondary N) is 2. The molecule has 0 unspecified atom stereocenters. The van der Waals surface area contributed by atoms with Crippen LogP contribution in [0.15, 0.2) is 64.6 Å². The first-order valence-corrected chi connectivity index (χ1v) is 8.90. The first-order valence-electron chi connectivity index (χ1n) is 7.42. The summed E-state index contributed by atoms with van der Waals surface area (Å²) in [6, 6.07) is 15.7. The van der Waals surface area contributed by atoms with Crippen LogP contribution in [0.2, 0.25) is 0 Å². The lowest BCUT2D eigenvalue weighted by atomic mass is 10.1. The first kappa shape index (κ1) is 17.7. The monoisotopic (exact) mass is 345 g/mol. The molecule has 0 bridgehead atoms. The summed E-state index contributed by atoms with van der Waals surface area (Å²) in [5.74, 6) is -0.216. The van der Waals surface area contributed by atoms with Gasteiger partial charge in [-0.1, -0.05) is 30.3 Å². The average Bonchev–Trinajstić information content (AvgIpc) is 2.55. The molecule has 2 aromatic carbocycles. The summed E-state index contributed by atoms with van der Waals surface area (Å²) in [5, 5.41) is 6.35. The molecule has 1 amide bonds. The number of amides is 1. The van der Waals surface area contributed by atoms with Crippen molar-refractivity contribution in [3.8, 4) is 0 Å². The molecule has 24 heavy (non-hydrogen) atoms. The number of hydrogen-bond acceptors (Lipinski definition) is 4. The smallest absolute Gasteiger partial charge is 0.276 e. The van der Waals surface area contributed by atoms with Gasteiger partial charge in [0.25, 0.3) is 10.0 Å². The number of anilines is 1. The number of hydrogen-bond donors (Lipinski definition) is 2. The normalized spacial score (nSPS) is 11.4. The zero-order valence-corrected chi connectivity index (χ0v) is 14.1. The van der Waals surface area contributed by atoms with E-state index in [1.165, 1.54) is 43.0 Å². The number of carbonyl (C=O) groups excluding carboxylic acids is 1. The van der Waals surface area contributed by atoms with Crippen molar-refractivity contribution in [1.29, 1.82) is 0 Å². The zero-order chi connectivity index (χ0) is 17.4. The van der Waals surface area contributed by atoms with E-state index in [0.717, 1.165) is 6.42 Å². The second kappa shape index (κ2) is 8.26. The second-order valence-corrected chi connectivity index (χ2v) is 6.80. The molecule has 0 spiro atoms. The summed E-state index contributed by atoms with van der Waals surface area (Å²) >= 11 is 0. The topological polar surface area (TPSA) is 87.6 Å². The molecule has 2 aromatic rings. The van der Waals surface area contributed by atoms with Crippen LogP contribution in [0, 0.1) is 0 Å². The van der Waals surface area contributed by atoms with Crippen molar-refractivity contribution in [2.24, 2.45) is 5.10 Å². The molecule has 126 valence electrons. The van der Waals surface area contributed by atoms with Gasteiger partial charge in [-0.25, -0.2) is 4.83 Å². The maximum Gasteiger partial charge on any atom is 0.276 e. The molecule has 0 saturated heterocycles. The molecule has 0 aromatic heterocycles. The van der Waals surface area contributed by atoms with Crippen molar-refractivity contribution in [3.05, 3.63) is 60.2 Å². The van der Waals surface area contributed by atoms with Gasteiger partial charge < -0.3 is 5.32 Å². The van der Waals surface area contributed by atoms with E-state index in [-0.39, 0.29) is 10.8 Å². The highest BCUT2D eigenvalue weighted by Gasteiger charge is 2.12. The third-order valence-corrected chi connectivity index (χ3v) is 4.39. The number of aryl methyl sites for hydroxylation is 1. The number of carbonyl (C=O) groups is 1. The third kappa shape index (κ3) is 5.51. The minimum Gasteiger partial charge on any atom is -0.326 e. The van der Waals surface area contributed by atoms with Crippen molar-refractivity contribution < 1.29 is 13.2 Å². The Bertz CT molecular complexity index is 801. The fraction of sp³-hybridized carbons (Fsp3) is 0.176. The molecular formula is C17H19N3O3S. The lowest BCUT2D eigenvalue weighted by molar-refractivity contribution is -0.114. The number of sulfonamides is 1. The number of benzene rings is 2. The Morgan fingerprint density at radius 3 is 2.38 bits per heavy atom. The van der Waals surface area contributed by atoms with Gasteiger partial charge in [0.2, 0.25) is 5.91 Å². The molecule has 0 aliphatic carbocycles. The van der Waals surface area contributed by atoms with Gasteiger partial charge in [-0.3, -0.25) is 4.79 Å². The van der Waals surface area contributed by atoms with Crippen molar-refractivity contribution in [2.75, 3.05) is 5.32 Å². The summed E-state index contributed by atoms with van der Waals surface area (Å²) in [7, 11) is -3.71. The highest BCUT2D eigenvalue weighted by Crippen LogP contribution is 2.13. The maximum absolute atomic E-state index is 12.1. The highest BCUT2D eigenvalue weighted by molar-refractivity contribution is 7.89. The SMILES string of the molecule is CC(=O)Nc1ccc(S(=O)(=O)N/N=C/CCc2ccccc2)cc1. The van der Waals surface area contributed by atoms with Gasteiger partial charge in [0.15, 0.2) is 0 Å². The number of nitrogens with zero attached hydrogens (tertiary/aromatic N) is 1. The molecule has 0 aliphatic rings. The minimum absolute atomic E-state index is 0.0804. The van der Waals surface area contributed by atoms with Gasteiger partial charge >= 0.3 is 0 Å². The van der Waals surface area contributed by atoms with E-state index in [2.05, 4.69) is 15.2 Å². The predicted octanol–water partition coefficient (Wildman–Crippen LogP) is 2.54. The zero-order valence-electron chi connectivity index (χ0n) is 13.3. The summed E-state index contributed by atoms with van der Waals surface area (Å²) in [6.45, 7) is 1.39. The summed E-state index contributed by atoms with van der Waals surface area (Å²) in [5.41, 5.74) is 1.70. The molecule has 0 saturated carbocycles. The molecule has 2 rings (SSSR count). The molecule has 7 heteroatoms. The Morgan fingerprint density at radius 2 is 1.75 bits per heavy atom. The quantitative estimate of drug-likeness (QED) is 0.597. The van der Waals surface area contributed by atoms with E-state index in [4.69, 9.17) is 0 Å². The van der Waals surface area contributed by atoms with E-state index < -0.39 is 10.0 Å².